The molecule has 3 nitrogen and oxygen atoms in total. The maximum absolute atomic E-state index is 11.9. The second-order valence-electron chi connectivity index (χ2n) is 5.62. The lowest BCUT2D eigenvalue weighted by Gasteiger charge is -2.22. The normalized spacial score (nSPS) is 17.7. The number of unbranched alkanes of at least 4 members (excludes halogenated alkanes) is 1. The summed E-state index contributed by atoms with van der Waals surface area (Å²) in [6, 6.07) is 8.29. The number of rotatable bonds is 4. The highest BCUT2D eigenvalue weighted by molar-refractivity contribution is 5.92. The van der Waals surface area contributed by atoms with Gasteiger partial charge < -0.3 is 0 Å². The van der Waals surface area contributed by atoms with Crippen molar-refractivity contribution in [1.82, 2.24) is 5.43 Å². The van der Waals surface area contributed by atoms with Crippen molar-refractivity contribution in [3.8, 4) is 0 Å². The van der Waals surface area contributed by atoms with Crippen molar-refractivity contribution in [2.75, 3.05) is 5.01 Å². The van der Waals surface area contributed by atoms with E-state index < -0.39 is 5.41 Å². The Morgan fingerprint density at radius 2 is 2.11 bits per heavy atom. The molecule has 0 spiro atoms. The molecule has 19 heavy (non-hydrogen) atoms. The number of amides is 1. The van der Waals surface area contributed by atoms with Crippen molar-refractivity contribution in [3.63, 3.8) is 0 Å². The Hall–Kier alpha value is -1.77. The molecule has 1 heterocycles. The van der Waals surface area contributed by atoms with Crippen molar-refractivity contribution in [2.45, 2.75) is 40.0 Å². The molecule has 0 atom stereocenters. The number of aryl methyl sites for hydroxylation is 1. The second-order valence-corrected chi connectivity index (χ2v) is 5.62. The van der Waals surface area contributed by atoms with Gasteiger partial charge in [0.15, 0.2) is 0 Å². The van der Waals surface area contributed by atoms with E-state index in [9.17, 15) is 4.79 Å². The van der Waals surface area contributed by atoms with E-state index in [1.54, 1.807) is 5.01 Å². The quantitative estimate of drug-likeness (QED) is 0.897. The van der Waals surface area contributed by atoms with Gasteiger partial charge in [-0.15, -0.1) is 0 Å². The molecule has 3 heteroatoms. The van der Waals surface area contributed by atoms with Crippen LogP contribution in [0.3, 0.4) is 0 Å². The summed E-state index contributed by atoms with van der Waals surface area (Å²) in [5, 5.41) is 1.80. The standard InChI is InChI=1S/C16H22N2O/c1-5-6-8-13-9-7-10-14(11-13)18-12(2)16(3,4)15(19)17-18/h7,9-11H,2,5-6,8H2,1,3-4H3,(H,17,19). The van der Waals surface area contributed by atoms with Gasteiger partial charge in [-0.05, 0) is 44.4 Å². The first kappa shape index (κ1) is 13.7. The van der Waals surface area contributed by atoms with Crippen LogP contribution in [-0.2, 0) is 11.2 Å². The summed E-state index contributed by atoms with van der Waals surface area (Å²) in [5.41, 5.74) is 5.42. The van der Waals surface area contributed by atoms with Gasteiger partial charge in [-0.2, -0.15) is 0 Å². The van der Waals surface area contributed by atoms with Gasteiger partial charge >= 0.3 is 0 Å². The molecule has 1 N–H and O–H groups in total. The Morgan fingerprint density at radius 3 is 2.68 bits per heavy atom. The fourth-order valence-electron chi connectivity index (χ4n) is 2.17. The maximum atomic E-state index is 11.9. The highest BCUT2D eigenvalue weighted by Gasteiger charge is 2.42. The fourth-order valence-corrected chi connectivity index (χ4v) is 2.17. The number of hydrazine groups is 1. The predicted molar refractivity (Wildman–Crippen MR) is 78.6 cm³/mol. The third kappa shape index (κ3) is 2.50. The molecule has 0 radical (unpaired) electrons. The van der Waals surface area contributed by atoms with E-state index in [1.165, 1.54) is 18.4 Å². The number of carbonyl (C=O) groups is 1. The molecule has 1 aliphatic rings. The van der Waals surface area contributed by atoms with Gasteiger partial charge in [0.1, 0.15) is 0 Å². The molecule has 102 valence electrons. The maximum Gasteiger partial charge on any atom is 0.250 e. The molecule has 1 aliphatic heterocycles. The summed E-state index contributed by atoms with van der Waals surface area (Å²) < 4.78 is 0. The van der Waals surface area contributed by atoms with E-state index in [-0.39, 0.29) is 5.91 Å². The van der Waals surface area contributed by atoms with Crippen LogP contribution in [0.5, 0.6) is 0 Å². The molecule has 1 aromatic rings. The van der Waals surface area contributed by atoms with E-state index in [2.05, 4.69) is 31.1 Å². The van der Waals surface area contributed by atoms with E-state index in [1.807, 2.05) is 26.0 Å². The highest BCUT2D eigenvalue weighted by Crippen LogP contribution is 2.36. The minimum Gasteiger partial charge on any atom is -0.272 e. The molecule has 1 saturated heterocycles. The van der Waals surface area contributed by atoms with E-state index in [0.29, 0.717) is 0 Å². The Morgan fingerprint density at radius 1 is 1.37 bits per heavy atom. The van der Waals surface area contributed by atoms with Crippen LogP contribution < -0.4 is 10.4 Å². The first-order chi connectivity index (χ1) is 8.96. The van der Waals surface area contributed by atoms with Gasteiger partial charge in [0.25, 0.3) is 0 Å². The molecule has 2 rings (SSSR count). The van der Waals surface area contributed by atoms with Crippen molar-refractivity contribution >= 4 is 11.6 Å². The molecule has 0 saturated carbocycles. The minimum absolute atomic E-state index is 0.00328. The summed E-state index contributed by atoms with van der Waals surface area (Å²) in [6.07, 6.45) is 3.44. The summed E-state index contributed by atoms with van der Waals surface area (Å²) in [4.78, 5) is 11.9. The van der Waals surface area contributed by atoms with Gasteiger partial charge in [0, 0.05) is 5.70 Å². The molecule has 1 fully saturated rings. The summed E-state index contributed by atoms with van der Waals surface area (Å²) >= 11 is 0. The molecule has 0 aliphatic carbocycles. The Kier molecular flexibility index (Phi) is 3.65. The van der Waals surface area contributed by atoms with Gasteiger partial charge in [-0.25, -0.2) is 0 Å². The van der Waals surface area contributed by atoms with E-state index in [4.69, 9.17) is 0 Å². The van der Waals surface area contributed by atoms with Crippen molar-refractivity contribution in [2.24, 2.45) is 5.41 Å². The summed E-state index contributed by atoms with van der Waals surface area (Å²) in [7, 11) is 0. The first-order valence-corrected chi connectivity index (χ1v) is 6.86. The Balaban J connectivity index is 2.23. The Labute approximate surface area is 115 Å². The molecule has 0 aromatic heterocycles. The van der Waals surface area contributed by atoms with Crippen LogP contribution in [-0.4, -0.2) is 5.91 Å². The average Bonchev–Trinajstić information content (AvgIpc) is 2.60. The van der Waals surface area contributed by atoms with Gasteiger partial charge in [-0.1, -0.05) is 32.1 Å². The highest BCUT2D eigenvalue weighted by atomic mass is 16.2. The Bertz CT molecular complexity index is 505. The second kappa shape index (κ2) is 5.08. The SMILES string of the molecule is C=C1N(c2cccc(CCCC)c2)NC(=O)C1(C)C. The van der Waals surface area contributed by atoms with Crippen LogP contribution in [0.2, 0.25) is 0 Å². The molecular weight excluding hydrogens is 236 g/mol. The fraction of sp³-hybridized carbons (Fsp3) is 0.438. The number of benzene rings is 1. The first-order valence-electron chi connectivity index (χ1n) is 6.86. The minimum atomic E-state index is -0.542. The van der Waals surface area contributed by atoms with Crippen molar-refractivity contribution in [3.05, 3.63) is 42.1 Å². The van der Waals surface area contributed by atoms with Crippen LogP contribution in [0.1, 0.15) is 39.2 Å². The number of nitrogens with one attached hydrogen (secondary N) is 1. The largest absolute Gasteiger partial charge is 0.272 e. The van der Waals surface area contributed by atoms with E-state index in [0.717, 1.165) is 17.8 Å². The lowest BCUT2D eigenvalue weighted by Crippen LogP contribution is -2.32. The number of hydrogen-bond acceptors (Lipinski definition) is 2. The zero-order valence-electron chi connectivity index (χ0n) is 12.0. The molecule has 1 amide bonds. The van der Waals surface area contributed by atoms with Crippen LogP contribution in [0.15, 0.2) is 36.5 Å². The lowest BCUT2D eigenvalue weighted by molar-refractivity contribution is -0.125. The average molecular weight is 258 g/mol. The van der Waals surface area contributed by atoms with Crippen LogP contribution in [0.4, 0.5) is 5.69 Å². The third-order valence-electron chi connectivity index (χ3n) is 3.76. The van der Waals surface area contributed by atoms with Crippen LogP contribution in [0, 0.1) is 5.41 Å². The number of carbonyl (C=O) groups excluding carboxylic acids is 1. The van der Waals surface area contributed by atoms with Crippen LogP contribution in [0.25, 0.3) is 0 Å². The number of nitrogens with zero attached hydrogens (tertiary/aromatic N) is 1. The predicted octanol–water partition coefficient (Wildman–Crippen LogP) is 3.42. The topological polar surface area (TPSA) is 32.3 Å². The lowest BCUT2D eigenvalue weighted by atomic mass is 9.90. The molecule has 1 aromatic carbocycles. The van der Waals surface area contributed by atoms with Gasteiger partial charge in [0.2, 0.25) is 5.91 Å². The molecule has 0 bridgehead atoms. The van der Waals surface area contributed by atoms with Gasteiger partial charge in [0.05, 0.1) is 11.1 Å². The molecule has 0 unspecified atom stereocenters. The van der Waals surface area contributed by atoms with Gasteiger partial charge in [-0.3, -0.25) is 15.2 Å². The number of hydrogen-bond donors (Lipinski definition) is 1. The van der Waals surface area contributed by atoms with Crippen molar-refractivity contribution < 1.29 is 4.79 Å². The van der Waals surface area contributed by atoms with E-state index >= 15 is 0 Å². The van der Waals surface area contributed by atoms with Crippen LogP contribution >= 0.6 is 0 Å². The molecular formula is C16H22N2O. The summed E-state index contributed by atoms with van der Waals surface area (Å²) in [6.45, 7) is 10.0. The monoisotopic (exact) mass is 258 g/mol. The zero-order chi connectivity index (χ0) is 14.0. The smallest absolute Gasteiger partial charge is 0.250 e. The number of anilines is 1. The summed E-state index contributed by atoms with van der Waals surface area (Å²) in [5.74, 6) is -0.00328. The zero-order valence-corrected chi connectivity index (χ0v) is 12.0. The third-order valence-corrected chi connectivity index (χ3v) is 3.76. The van der Waals surface area contributed by atoms with Crippen molar-refractivity contribution in [1.29, 1.82) is 0 Å².